The summed E-state index contributed by atoms with van der Waals surface area (Å²) in [6.07, 6.45) is 4.88. The van der Waals surface area contributed by atoms with E-state index in [0.717, 1.165) is 59.5 Å². The number of halogens is 1. The molecular weight excluding hydrogens is 469 g/mol. The van der Waals surface area contributed by atoms with E-state index in [9.17, 15) is 12.8 Å². The van der Waals surface area contributed by atoms with Gasteiger partial charge in [0.2, 0.25) is 0 Å². The van der Waals surface area contributed by atoms with Crippen LogP contribution in [-0.2, 0) is 30.5 Å². The van der Waals surface area contributed by atoms with Crippen molar-refractivity contribution in [1.82, 2.24) is 4.98 Å². The van der Waals surface area contributed by atoms with Crippen molar-refractivity contribution < 1.29 is 27.0 Å². The standard InChI is InChI=1S/C27H32FNO5S/c1-19-24(14-16-32-17-18-34-25-5-3-4-15-33-25)26(20-6-10-22(28)11-7-20)27(29-19)21-8-12-23(13-9-21)35(2,30)31/h6-13,25,29H,3-5,14-18H2,1-2H3/t25-/m1/s1. The number of aryl methyl sites for hydroxylation is 1. The summed E-state index contributed by atoms with van der Waals surface area (Å²) in [6.45, 7) is 4.23. The smallest absolute Gasteiger partial charge is 0.175 e. The topological polar surface area (TPSA) is 77.6 Å². The highest BCUT2D eigenvalue weighted by molar-refractivity contribution is 7.90. The first-order valence-corrected chi connectivity index (χ1v) is 13.8. The number of rotatable bonds is 10. The number of hydrogen-bond acceptors (Lipinski definition) is 5. The molecule has 1 aromatic heterocycles. The molecule has 6 nitrogen and oxygen atoms in total. The molecule has 0 saturated carbocycles. The minimum absolute atomic E-state index is 0.124. The van der Waals surface area contributed by atoms with Crippen LogP contribution in [0.1, 0.15) is 30.5 Å². The average Bonchev–Trinajstić information content (AvgIpc) is 3.18. The van der Waals surface area contributed by atoms with Crippen LogP contribution in [0.5, 0.6) is 0 Å². The lowest BCUT2D eigenvalue weighted by Gasteiger charge is -2.22. The van der Waals surface area contributed by atoms with Crippen LogP contribution < -0.4 is 0 Å². The average molecular weight is 502 g/mol. The Hall–Kier alpha value is -2.52. The number of hydrogen-bond donors (Lipinski definition) is 1. The minimum atomic E-state index is -3.29. The zero-order valence-electron chi connectivity index (χ0n) is 20.2. The summed E-state index contributed by atoms with van der Waals surface area (Å²) in [6, 6.07) is 13.2. The molecule has 1 atom stereocenters. The van der Waals surface area contributed by atoms with Crippen LogP contribution in [0.2, 0.25) is 0 Å². The van der Waals surface area contributed by atoms with Crippen LogP contribution in [0.4, 0.5) is 4.39 Å². The molecule has 0 radical (unpaired) electrons. The molecule has 1 aliphatic heterocycles. The maximum atomic E-state index is 13.6. The van der Waals surface area contributed by atoms with Gasteiger partial charge in [-0.3, -0.25) is 0 Å². The quantitative estimate of drug-likeness (QED) is 0.382. The molecule has 1 fully saturated rings. The molecule has 8 heteroatoms. The van der Waals surface area contributed by atoms with Crippen molar-refractivity contribution in [3.05, 3.63) is 65.6 Å². The van der Waals surface area contributed by atoms with Gasteiger partial charge >= 0.3 is 0 Å². The number of ether oxygens (including phenoxy) is 3. The van der Waals surface area contributed by atoms with Gasteiger partial charge in [-0.25, -0.2) is 12.8 Å². The Morgan fingerprint density at radius 1 is 1.00 bits per heavy atom. The summed E-state index contributed by atoms with van der Waals surface area (Å²) in [5.74, 6) is -0.299. The van der Waals surface area contributed by atoms with E-state index in [1.54, 1.807) is 36.4 Å². The fourth-order valence-electron chi connectivity index (χ4n) is 4.35. The van der Waals surface area contributed by atoms with E-state index >= 15 is 0 Å². The van der Waals surface area contributed by atoms with E-state index in [1.165, 1.54) is 18.4 Å². The van der Waals surface area contributed by atoms with Gasteiger partial charge in [0.15, 0.2) is 16.1 Å². The summed E-state index contributed by atoms with van der Waals surface area (Å²) < 4.78 is 54.5. The van der Waals surface area contributed by atoms with E-state index < -0.39 is 9.84 Å². The maximum absolute atomic E-state index is 13.6. The van der Waals surface area contributed by atoms with Gasteiger partial charge in [0.25, 0.3) is 0 Å². The first-order chi connectivity index (χ1) is 16.8. The van der Waals surface area contributed by atoms with Crippen LogP contribution in [0.25, 0.3) is 22.4 Å². The number of aromatic amines is 1. The molecule has 4 rings (SSSR count). The number of H-pyrrole nitrogens is 1. The number of aromatic nitrogens is 1. The van der Waals surface area contributed by atoms with E-state index in [-0.39, 0.29) is 17.0 Å². The largest absolute Gasteiger partial charge is 0.379 e. The third-order valence-corrected chi connectivity index (χ3v) is 7.32. The minimum Gasteiger partial charge on any atom is -0.379 e. The molecule has 0 amide bonds. The first kappa shape index (κ1) is 25.6. The molecule has 1 N–H and O–H groups in total. The van der Waals surface area contributed by atoms with Gasteiger partial charge in [-0.2, -0.15) is 0 Å². The second kappa shape index (κ2) is 11.5. The Morgan fingerprint density at radius 3 is 2.37 bits per heavy atom. The number of nitrogens with one attached hydrogen (secondary N) is 1. The van der Waals surface area contributed by atoms with E-state index in [1.807, 2.05) is 6.92 Å². The Bertz CT molecular complexity index is 1210. The third-order valence-electron chi connectivity index (χ3n) is 6.19. The van der Waals surface area contributed by atoms with Gasteiger partial charge in [0.1, 0.15) is 5.82 Å². The van der Waals surface area contributed by atoms with Crippen molar-refractivity contribution in [2.24, 2.45) is 0 Å². The van der Waals surface area contributed by atoms with Crippen molar-refractivity contribution in [1.29, 1.82) is 0 Å². The molecule has 0 bridgehead atoms. The second-order valence-corrected chi connectivity index (χ2v) is 10.8. The van der Waals surface area contributed by atoms with Crippen molar-refractivity contribution in [2.75, 3.05) is 32.7 Å². The summed E-state index contributed by atoms with van der Waals surface area (Å²) >= 11 is 0. The lowest BCUT2D eigenvalue weighted by Crippen LogP contribution is -2.24. The molecular formula is C27H32FNO5S. The molecule has 2 heterocycles. The highest BCUT2D eigenvalue weighted by Gasteiger charge is 2.19. The van der Waals surface area contributed by atoms with Crippen LogP contribution in [-0.4, -0.2) is 52.4 Å². The van der Waals surface area contributed by atoms with Gasteiger partial charge in [-0.15, -0.1) is 0 Å². The van der Waals surface area contributed by atoms with Crippen LogP contribution in [0.3, 0.4) is 0 Å². The Kier molecular flexibility index (Phi) is 8.38. The lowest BCUT2D eigenvalue weighted by atomic mass is 9.95. The van der Waals surface area contributed by atoms with E-state index in [2.05, 4.69) is 4.98 Å². The van der Waals surface area contributed by atoms with E-state index in [4.69, 9.17) is 14.2 Å². The SMILES string of the molecule is Cc1[nH]c(-c2ccc(S(C)(=O)=O)cc2)c(-c2ccc(F)cc2)c1CCOCCO[C@@H]1CCCCO1. The first-order valence-electron chi connectivity index (χ1n) is 11.9. The van der Waals surface area contributed by atoms with Gasteiger partial charge in [0, 0.05) is 24.1 Å². The van der Waals surface area contributed by atoms with Gasteiger partial charge < -0.3 is 19.2 Å². The molecule has 0 spiro atoms. The lowest BCUT2D eigenvalue weighted by molar-refractivity contribution is -0.168. The Labute approximate surface area is 206 Å². The molecule has 0 aliphatic carbocycles. The van der Waals surface area contributed by atoms with Crippen molar-refractivity contribution in [3.8, 4) is 22.4 Å². The van der Waals surface area contributed by atoms with Crippen LogP contribution in [0.15, 0.2) is 53.4 Å². The predicted octanol–water partition coefficient (Wildman–Crippen LogP) is 5.30. The summed E-state index contributed by atoms with van der Waals surface area (Å²) in [5.41, 5.74) is 5.63. The fraction of sp³-hybridized carbons (Fsp3) is 0.407. The second-order valence-electron chi connectivity index (χ2n) is 8.81. The zero-order valence-corrected chi connectivity index (χ0v) is 21.0. The summed E-state index contributed by atoms with van der Waals surface area (Å²) in [5, 5.41) is 0. The number of benzene rings is 2. The number of sulfone groups is 1. The molecule has 188 valence electrons. The summed E-state index contributed by atoms with van der Waals surface area (Å²) in [4.78, 5) is 3.72. The van der Waals surface area contributed by atoms with Gasteiger partial charge in [-0.1, -0.05) is 24.3 Å². The summed E-state index contributed by atoms with van der Waals surface area (Å²) in [7, 11) is -3.29. The van der Waals surface area contributed by atoms with Crippen molar-refractivity contribution in [3.63, 3.8) is 0 Å². The molecule has 3 aromatic rings. The molecule has 35 heavy (non-hydrogen) atoms. The van der Waals surface area contributed by atoms with Crippen LogP contribution in [0, 0.1) is 12.7 Å². The third kappa shape index (κ3) is 6.58. The van der Waals surface area contributed by atoms with Crippen molar-refractivity contribution in [2.45, 2.75) is 43.8 Å². The zero-order chi connectivity index (χ0) is 24.8. The highest BCUT2D eigenvalue weighted by Crippen LogP contribution is 2.37. The van der Waals surface area contributed by atoms with Crippen LogP contribution >= 0.6 is 0 Å². The maximum Gasteiger partial charge on any atom is 0.175 e. The Balaban J connectivity index is 1.50. The predicted molar refractivity (Wildman–Crippen MR) is 134 cm³/mol. The Morgan fingerprint density at radius 2 is 1.71 bits per heavy atom. The van der Waals surface area contributed by atoms with E-state index in [0.29, 0.717) is 26.2 Å². The molecule has 1 saturated heterocycles. The van der Waals surface area contributed by atoms with Crippen molar-refractivity contribution >= 4 is 9.84 Å². The fourth-order valence-corrected chi connectivity index (χ4v) is 4.98. The molecule has 2 aromatic carbocycles. The molecule has 1 aliphatic rings. The monoisotopic (exact) mass is 501 g/mol. The normalized spacial score (nSPS) is 16.5. The van der Waals surface area contributed by atoms with Gasteiger partial charge in [-0.05, 0) is 73.6 Å². The van der Waals surface area contributed by atoms with Gasteiger partial charge in [0.05, 0.1) is 30.4 Å². The highest BCUT2D eigenvalue weighted by atomic mass is 32.2. The molecule has 0 unspecified atom stereocenters.